The molecular weight excluding hydrogens is 102 g/mol. The van der Waals surface area contributed by atoms with Crippen molar-refractivity contribution in [3.05, 3.63) is 0 Å². The zero-order valence-electron chi connectivity index (χ0n) is 5.31. The molecule has 2 nitrogen and oxygen atoms in total. The van der Waals surface area contributed by atoms with Crippen molar-refractivity contribution < 1.29 is 4.74 Å². The SMILES string of the molecule is CCOCNC1CC1. The molecule has 0 bridgehead atoms. The minimum atomic E-state index is 0.737. The molecular formula is C6H13NO. The predicted molar refractivity (Wildman–Crippen MR) is 32.7 cm³/mol. The van der Waals surface area contributed by atoms with E-state index >= 15 is 0 Å². The Balaban J connectivity index is 1.74. The smallest absolute Gasteiger partial charge is 0.0967 e. The summed E-state index contributed by atoms with van der Waals surface area (Å²) in [5.74, 6) is 0. The Morgan fingerprint density at radius 2 is 2.38 bits per heavy atom. The average Bonchev–Trinajstić information content (AvgIpc) is 2.51. The van der Waals surface area contributed by atoms with Gasteiger partial charge < -0.3 is 4.74 Å². The molecule has 0 aliphatic heterocycles. The molecule has 1 aliphatic rings. The fourth-order valence-corrected chi connectivity index (χ4v) is 0.566. The van der Waals surface area contributed by atoms with Crippen LogP contribution in [0.4, 0.5) is 0 Å². The van der Waals surface area contributed by atoms with Gasteiger partial charge in [0.25, 0.3) is 0 Å². The topological polar surface area (TPSA) is 21.3 Å². The highest BCUT2D eigenvalue weighted by atomic mass is 16.5. The Bertz CT molecular complexity index is 61.5. The van der Waals surface area contributed by atoms with Crippen molar-refractivity contribution in [2.75, 3.05) is 13.3 Å². The summed E-state index contributed by atoms with van der Waals surface area (Å²) in [6, 6.07) is 0.779. The Morgan fingerprint density at radius 1 is 1.62 bits per heavy atom. The number of nitrogens with one attached hydrogen (secondary N) is 1. The number of hydrogen-bond donors (Lipinski definition) is 1. The van der Waals surface area contributed by atoms with E-state index in [2.05, 4.69) is 5.32 Å². The van der Waals surface area contributed by atoms with Gasteiger partial charge in [-0.15, -0.1) is 0 Å². The second-order valence-electron chi connectivity index (χ2n) is 2.12. The van der Waals surface area contributed by atoms with Crippen LogP contribution in [0.2, 0.25) is 0 Å². The van der Waals surface area contributed by atoms with E-state index in [0.29, 0.717) is 0 Å². The minimum absolute atomic E-state index is 0.737. The van der Waals surface area contributed by atoms with Gasteiger partial charge in [-0.05, 0) is 19.8 Å². The lowest BCUT2D eigenvalue weighted by Gasteiger charge is -1.99. The summed E-state index contributed by atoms with van der Waals surface area (Å²) in [6.07, 6.45) is 2.68. The van der Waals surface area contributed by atoms with E-state index in [1.165, 1.54) is 12.8 Å². The quantitative estimate of drug-likeness (QED) is 0.431. The first-order valence-electron chi connectivity index (χ1n) is 3.24. The van der Waals surface area contributed by atoms with Crippen LogP contribution in [-0.4, -0.2) is 19.4 Å². The summed E-state index contributed by atoms with van der Waals surface area (Å²) in [6.45, 7) is 3.56. The fourth-order valence-electron chi connectivity index (χ4n) is 0.566. The third-order valence-electron chi connectivity index (χ3n) is 1.26. The number of rotatable bonds is 4. The lowest BCUT2D eigenvalue weighted by atomic mass is 10.7. The Labute approximate surface area is 50.2 Å². The maximum atomic E-state index is 5.07. The highest BCUT2D eigenvalue weighted by molar-refractivity contribution is 4.79. The van der Waals surface area contributed by atoms with E-state index in [-0.39, 0.29) is 0 Å². The molecule has 0 saturated heterocycles. The van der Waals surface area contributed by atoms with Crippen LogP contribution in [0.25, 0.3) is 0 Å². The normalized spacial score (nSPS) is 19.1. The first-order valence-corrected chi connectivity index (χ1v) is 3.24. The molecule has 0 radical (unpaired) electrons. The second-order valence-corrected chi connectivity index (χ2v) is 2.12. The molecule has 48 valence electrons. The summed E-state index contributed by atoms with van der Waals surface area (Å²) < 4.78 is 5.07. The molecule has 0 unspecified atom stereocenters. The monoisotopic (exact) mass is 115 g/mol. The highest BCUT2D eigenvalue weighted by Crippen LogP contribution is 2.17. The summed E-state index contributed by atoms with van der Waals surface area (Å²) in [5.41, 5.74) is 0. The molecule has 0 aromatic heterocycles. The molecule has 0 heterocycles. The molecule has 0 atom stereocenters. The summed E-state index contributed by atoms with van der Waals surface area (Å²) in [5, 5.41) is 3.24. The number of ether oxygens (including phenoxy) is 1. The molecule has 1 N–H and O–H groups in total. The van der Waals surface area contributed by atoms with Crippen molar-refractivity contribution in [2.45, 2.75) is 25.8 Å². The molecule has 1 aliphatic carbocycles. The van der Waals surface area contributed by atoms with E-state index in [1.54, 1.807) is 0 Å². The van der Waals surface area contributed by atoms with E-state index < -0.39 is 0 Å². The van der Waals surface area contributed by atoms with E-state index in [4.69, 9.17) is 4.74 Å². The lowest BCUT2D eigenvalue weighted by molar-refractivity contribution is 0.127. The summed E-state index contributed by atoms with van der Waals surface area (Å²) in [4.78, 5) is 0. The van der Waals surface area contributed by atoms with E-state index in [1.807, 2.05) is 6.92 Å². The van der Waals surface area contributed by atoms with Crippen LogP contribution >= 0.6 is 0 Å². The zero-order valence-corrected chi connectivity index (χ0v) is 5.31. The Kier molecular flexibility index (Phi) is 2.30. The van der Waals surface area contributed by atoms with Gasteiger partial charge >= 0.3 is 0 Å². The largest absolute Gasteiger partial charge is 0.367 e. The van der Waals surface area contributed by atoms with Gasteiger partial charge in [-0.2, -0.15) is 0 Å². The molecule has 1 rings (SSSR count). The molecule has 0 spiro atoms. The van der Waals surface area contributed by atoms with Gasteiger partial charge in [0, 0.05) is 12.6 Å². The van der Waals surface area contributed by atoms with E-state index in [0.717, 1.165) is 19.4 Å². The van der Waals surface area contributed by atoms with Gasteiger partial charge in [0.1, 0.15) is 0 Å². The highest BCUT2D eigenvalue weighted by Gasteiger charge is 2.19. The van der Waals surface area contributed by atoms with Gasteiger partial charge in [0.05, 0.1) is 6.73 Å². The number of hydrogen-bond acceptors (Lipinski definition) is 2. The average molecular weight is 115 g/mol. The van der Waals surface area contributed by atoms with Gasteiger partial charge in [0.15, 0.2) is 0 Å². The molecule has 8 heavy (non-hydrogen) atoms. The van der Waals surface area contributed by atoms with Crippen molar-refractivity contribution in [3.63, 3.8) is 0 Å². The Morgan fingerprint density at radius 3 is 2.88 bits per heavy atom. The first-order chi connectivity index (χ1) is 3.93. The predicted octanol–water partition coefficient (Wildman–Crippen LogP) is 0.732. The van der Waals surface area contributed by atoms with Gasteiger partial charge in [-0.1, -0.05) is 0 Å². The van der Waals surface area contributed by atoms with Crippen molar-refractivity contribution in [1.29, 1.82) is 0 Å². The van der Waals surface area contributed by atoms with Crippen LogP contribution < -0.4 is 5.32 Å². The van der Waals surface area contributed by atoms with Gasteiger partial charge in [0.2, 0.25) is 0 Å². The third kappa shape index (κ3) is 2.28. The minimum Gasteiger partial charge on any atom is -0.367 e. The molecule has 0 amide bonds. The standard InChI is InChI=1S/C6H13NO/c1-2-8-5-7-6-3-4-6/h6-7H,2-5H2,1H3. The van der Waals surface area contributed by atoms with Crippen LogP contribution in [0.3, 0.4) is 0 Å². The molecule has 2 heteroatoms. The van der Waals surface area contributed by atoms with Crippen LogP contribution in [0, 0.1) is 0 Å². The van der Waals surface area contributed by atoms with E-state index in [9.17, 15) is 0 Å². The maximum Gasteiger partial charge on any atom is 0.0967 e. The van der Waals surface area contributed by atoms with Gasteiger partial charge in [-0.25, -0.2) is 0 Å². The maximum absolute atomic E-state index is 5.07. The Hall–Kier alpha value is -0.0800. The molecule has 0 aromatic rings. The zero-order chi connectivity index (χ0) is 5.82. The summed E-state index contributed by atoms with van der Waals surface area (Å²) in [7, 11) is 0. The van der Waals surface area contributed by atoms with Gasteiger partial charge in [-0.3, -0.25) is 5.32 Å². The fraction of sp³-hybridized carbons (Fsp3) is 1.00. The first kappa shape index (κ1) is 6.05. The van der Waals surface area contributed by atoms with Crippen molar-refractivity contribution in [3.8, 4) is 0 Å². The van der Waals surface area contributed by atoms with Crippen molar-refractivity contribution in [2.24, 2.45) is 0 Å². The van der Waals surface area contributed by atoms with Crippen LogP contribution in [0.5, 0.6) is 0 Å². The van der Waals surface area contributed by atoms with Crippen LogP contribution in [-0.2, 0) is 4.74 Å². The molecule has 0 aromatic carbocycles. The van der Waals surface area contributed by atoms with Crippen LogP contribution in [0.15, 0.2) is 0 Å². The molecule has 1 saturated carbocycles. The van der Waals surface area contributed by atoms with Crippen molar-refractivity contribution in [1.82, 2.24) is 5.32 Å². The lowest BCUT2D eigenvalue weighted by Crippen LogP contribution is -2.19. The van der Waals surface area contributed by atoms with Crippen LogP contribution in [0.1, 0.15) is 19.8 Å². The van der Waals surface area contributed by atoms with Crippen molar-refractivity contribution >= 4 is 0 Å². The second kappa shape index (κ2) is 3.05. The third-order valence-corrected chi connectivity index (χ3v) is 1.26. The summed E-state index contributed by atoms with van der Waals surface area (Å²) >= 11 is 0. The molecule has 1 fully saturated rings.